The van der Waals surface area contributed by atoms with Crippen molar-refractivity contribution in [1.82, 2.24) is 4.90 Å². The van der Waals surface area contributed by atoms with Crippen molar-refractivity contribution in [1.29, 1.82) is 0 Å². The van der Waals surface area contributed by atoms with Crippen molar-refractivity contribution in [2.24, 2.45) is 23.7 Å². The van der Waals surface area contributed by atoms with E-state index in [1.807, 2.05) is 51.1 Å². The molecule has 0 aromatic heterocycles. The Balaban J connectivity index is 1.98. The maximum atomic E-state index is 13.4. The zero-order valence-corrected chi connectivity index (χ0v) is 18.6. The summed E-state index contributed by atoms with van der Waals surface area (Å²) in [4.78, 5) is 41.0. The summed E-state index contributed by atoms with van der Waals surface area (Å²) in [6, 6.07) is 4.96. The van der Waals surface area contributed by atoms with Crippen LogP contribution in [-0.4, -0.2) is 53.6 Å². The Morgan fingerprint density at radius 1 is 1.16 bits per heavy atom. The van der Waals surface area contributed by atoms with Crippen LogP contribution in [-0.2, 0) is 19.1 Å². The Morgan fingerprint density at radius 3 is 2.42 bits per heavy atom. The Morgan fingerprint density at radius 2 is 1.84 bits per heavy atom. The highest BCUT2D eigenvalue weighted by Crippen LogP contribution is 2.45. The number of esters is 1. The van der Waals surface area contributed by atoms with Crippen LogP contribution in [0.15, 0.2) is 30.4 Å². The van der Waals surface area contributed by atoms with Crippen molar-refractivity contribution >= 4 is 23.5 Å². The van der Waals surface area contributed by atoms with Gasteiger partial charge in [-0.25, -0.2) is 0 Å². The van der Waals surface area contributed by atoms with Crippen LogP contribution in [0.4, 0.5) is 5.69 Å². The molecule has 1 aromatic rings. The van der Waals surface area contributed by atoms with Gasteiger partial charge >= 0.3 is 5.97 Å². The summed E-state index contributed by atoms with van der Waals surface area (Å²) in [6.07, 6.45) is 4.53. The van der Waals surface area contributed by atoms with Crippen LogP contribution in [0.5, 0.6) is 0 Å². The number of ether oxygens (including phenoxy) is 1. The minimum atomic E-state index is -0.797. The molecule has 3 rings (SSSR count). The van der Waals surface area contributed by atoms with E-state index in [-0.39, 0.29) is 37.5 Å². The lowest BCUT2D eigenvalue weighted by Gasteiger charge is -2.33. The average Bonchev–Trinajstić information content (AvgIpc) is 3.02. The number of β-amino-alcohol motifs (C(OH)–C–C–N with tert-alkyl or cyclic N) is 1. The summed E-state index contributed by atoms with van der Waals surface area (Å²) < 4.78 is 5.29. The SMILES string of the molecule is CCOC(=O)[C@H]1[C@H]2C(=O)N(CCO)[C@H](C(=O)Nc3c(C)cccc3C)[C@H]2C=C[C@H]1CC. The Hall–Kier alpha value is -2.67. The standard InChI is InChI=1S/C24H32N2O5/c1-5-16-10-11-17-19(18(16)24(30)31-6-2)23(29)26(12-13-27)21(17)22(28)25-20-14(3)8-7-9-15(20)4/h7-11,16-19,21,27H,5-6,12-13H2,1-4H3,(H,25,28)/t16-,17+,18-,19+,21+/m1/s1. The number of likely N-dealkylation sites (tertiary alicyclic amines) is 1. The predicted octanol–water partition coefficient (Wildman–Crippen LogP) is 2.45. The largest absolute Gasteiger partial charge is 0.466 e. The highest BCUT2D eigenvalue weighted by molar-refractivity contribution is 6.02. The van der Waals surface area contributed by atoms with Gasteiger partial charge in [0.15, 0.2) is 0 Å². The molecule has 7 nitrogen and oxygen atoms in total. The molecule has 0 radical (unpaired) electrons. The number of hydrogen-bond donors (Lipinski definition) is 2. The second-order valence-corrected chi connectivity index (χ2v) is 8.29. The average molecular weight is 429 g/mol. The van der Waals surface area contributed by atoms with Gasteiger partial charge in [-0.3, -0.25) is 14.4 Å². The zero-order valence-electron chi connectivity index (χ0n) is 18.6. The molecule has 1 fully saturated rings. The number of allylic oxidation sites excluding steroid dienone is 1. The third kappa shape index (κ3) is 4.24. The van der Waals surface area contributed by atoms with E-state index in [9.17, 15) is 19.5 Å². The summed E-state index contributed by atoms with van der Waals surface area (Å²) in [6.45, 7) is 7.56. The first kappa shape index (κ1) is 23.0. The van der Waals surface area contributed by atoms with Crippen molar-refractivity contribution in [2.45, 2.75) is 40.2 Å². The van der Waals surface area contributed by atoms with E-state index < -0.39 is 29.8 Å². The minimum absolute atomic E-state index is 0.0385. The molecule has 2 aliphatic rings. The van der Waals surface area contributed by atoms with Crippen LogP contribution >= 0.6 is 0 Å². The second kappa shape index (κ2) is 9.64. The molecular weight excluding hydrogens is 396 g/mol. The maximum Gasteiger partial charge on any atom is 0.310 e. The molecular formula is C24H32N2O5. The molecule has 2 N–H and O–H groups in total. The number of carbonyl (C=O) groups is 3. The molecule has 168 valence electrons. The van der Waals surface area contributed by atoms with Gasteiger partial charge in [-0.05, 0) is 44.2 Å². The van der Waals surface area contributed by atoms with Crippen molar-refractivity contribution in [3.63, 3.8) is 0 Å². The highest BCUT2D eigenvalue weighted by Gasteiger charge is 2.57. The van der Waals surface area contributed by atoms with E-state index in [2.05, 4.69) is 5.32 Å². The van der Waals surface area contributed by atoms with E-state index in [0.717, 1.165) is 16.8 Å². The first-order chi connectivity index (χ1) is 14.8. The normalized spacial score (nSPS) is 27.2. The molecule has 0 saturated carbocycles. The number of hydrogen-bond acceptors (Lipinski definition) is 5. The summed E-state index contributed by atoms with van der Waals surface area (Å²) >= 11 is 0. The zero-order chi connectivity index (χ0) is 22.7. The third-order valence-electron chi connectivity index (χ3n) is 6.48. The molecule has 1 aliphatic carbocycles. The van der Waals surface area contributed by atoms with E-state index in [1.54, 1.807) is 6.92 Å². The topological polar surface area (TPSA) is 95.9 Å². The number of anilines is 1. The second-order valence-electron chi connectivity index (χ2n) is 8.29. The van der Waals surface area contributed by atoms with E-state index in [1.165, 1.54) is 4.90 Å². The molecule has 1 saturated heterocycles. The van der Waals surface area contributed by atoms with E-state index in [0.29, 0.717) is 6.42 Å². The monoisotopic (exact) mass is 428 g/mol. The van der Waals surface area contributed by atoms with Gasteiger partial charge in [0.25, 0.3) is 0 Å². The third-order valence-corrected chi connectivity index (χ3v) is 6.48. The van der Waals surface area contributed by atoms with Gasteiger partial charge in [-0.15, -0.1) is 0 Å². The van der Waals surface area contributed by atoms with Crippen LogP contribution in [0.2, 0.25) is 0 Å². The fourth-order valence-electron chi connectivity index (χ4n) is 5.00. The van der Waals surface area contributed by atoms with Crippen LogP contribution < -0.4 is 5.32 Å². The highest BCUT2D eigenvalue weighted by atomic mass is 16.5. The van der Waals surface area contributed by atoms with Gasteiger partial charge < -0.3 is 20.1 Å². The van der Waals surface area contributed by atoms with Gasteiger partial charge in [0.2, 0.25) is 11.8 Å². The Kier molecular flexibility index (Phi) is 7.15. The van der Waals surface area contributed by atoms with Crippen molar-refractivity contribution in [3.8, 4) is 0 Å². The van der Waals surface area contributed by atoms with Gasteiger partial charge in [0.1, 0.15) is 6.04 Å². The molecule has 5 atom stereocenters. The molecule has 0 spiro atoms. The van der Waals surface area contributed by atoms with Crippen molar-refractivity contribution in [2.75, 3.05) is 25.1 Å². The lowest BCUT2D eigenvalue weighted by Crippen LogP contribution is -2.45. The lowest BCUT2D eigenvalue weighted by molar-refractivity contribution is -0.155. The van der Waals surface area contributed by atoms with Crippen molar-refractivity contribution in [3.05, 3.63) is 41.5 Å². The van der Waals surface area contributed by atoms with Gasteiger partial charge in [0.05, 0.1) is 25.0 Å². The van der Waals surface area contributed by atoms with E-state index >= 15 is 0 Å². The molecule has 1 aromatic carbocycles. The number of amides is 2. The summed E-state index contributed by atoms with van der Waals surface area (Å²) in [5.41, 5.74) is 2.58. The quantitative estimate of drug-likeness (QED) is 0.514. The number of carbonyl (C=O) groups excluding carboxylic acids is 3. The minimum Gasteiger partial charge on any atom is -0.466 e. The number of benzene rings is 1. The van der Waals surface area contributed by atoms with Gasteiger partial charge in [-0.2, -0.15) is 0 Å². The summed E-state index contributed by atoms with van der Waals surface area (Å²) in [5, 5.41) is 12.6. The molecule has 1 heterocycles. The number of aliphatic hydroxyl groups excluding tert-OH is 1. The van der Waals surface area contributed by atoms with Gasteiger partial charge in [-0.1, -0.05) is 37.3 Å². The number of fused-ring (bicyclic) bond motifs is 1. The van der Waals surface area contributed by atoms with Crippen LogP contribution in [0, 0.1) is 37.5 Å². The number of nitrogens with one attached hydrogen (secondary N) is 1. The van der Waals surface area contributed by atoms with Crippen LogP contribution in [0.3, 0.4) is 0 Å². The first-order valence-corrected chi connectivity index (χ1v) is 11.0. The smallest absolute Gasteiger partial charge is 0.310 e. The fraction of sp³-hybridized carbons (Fsp3) is 0.542. The number of aliphatic hydroxyl groups is 1. The Labute approximate surface area is 183 Å². The van der Waals surface area contributed by atoms with Crippen molar-refractivity contribution < 1.29 is 24.2 Å². The fourth-order valence-corrected chi connectivity index (χ4v) is 5.00. The molecule has 31 heavy (non-hydrogen) atoms. The number of aryl methyl sites for hydroxylation is 2. The molecule has 2 amide bonds. The van der Waals surface area contributed by atoms with Gasteiger partial charge in [0, 0.05) is 18.2 Å². The number of rotatable bonds is 7. The predicted molar refractivity (Wildman–Crippen MR) is 117 cm³/mol. The van der Waals surface area contributed by atoms with Crippen LogP contribution in [0.25, 0.3) is 0 Å². The van der Waals surface area contributed by atoms with E-state index in [4.69, 9.17) is 4.74 Å². The molecule has 1 aliphatic heterocycles. The number of para-hydroxylation sites is 1. The molecule has 0 bridgehead atoms. The molecule has 7 heteroatoms. The summed E-state index contributed by atoms with van der Waals surface area (Å²) in [7, 11) is 0. The Bertz CT molecular complexity index is 860. The van der Waals surface area contributed by atoms with Crippen LogP contribution in [0.1, 0.15) is 31.4 Å². The maximum absolute atomic E-state index is 13.4. The lowest BCUT2D eigenvalue weighted by atomic mass is 9.69. The molecule has 0 unspecified atom stereocenters. The number of nitrogens with zero attached hydrogens (tertiary/aromatic N) is 1. The first-order valence-electron chi connectivity index (χ1n) is 11.0. The summed E-state index contributed by atoms with van der Waals surface area (Å²) in [5.74, 6) is -2.88.